The molecule has 0 aliphatic heterocycles. The minimum atomic E-state index is -0.320. The number of pyridine rings is 1. The summed E-state index contributed by atoms with van der Waals surface area (Å²) in [4.78, 5) is 20.8. The highest BCUT2D eigenvalue weighted by molar-refractivity contribution is 5.97. The minimum Gasteiger partial charge on any atom is -0.497 e. The molecule has 1 amide bonds. The third-order valence-corrected chi connectivity index (χ3v) is 3.59. The Morgan fingerprint density at radius 3 is 2.83 bits per heavy atom. The summed E-state index contributed by atoms with van der Waals surface area (Å²) in [6.45, 7) is 1.87. The molecule has 0 aliphatic carbocycles. The Bertz CT molecular complexity index is 830. The maximum absolute atomic E-state index is 12.5. The van der Waals surface area contributed by atoms with E-state index < -0.39 is 0 Å². The summed E-state index contributed by atoms with van der Waals surface area (Å²) < 4.78 is 10.6. The molecule has 1 aromatic carbocycles. The van der Waals surface area contributed by atoms with Gasteiger partial charge in [-0.2, -0.15) is 0 Å². The molecule has 2 heterocycles. The van der Waals surface area contributed by atoms with Crippen LogP contribution in [0.2, 0.25) is 0 Å². The average Bonchev–Trinajstić information content (AvgIpc) is 3.12. The zero-order valence-electron chi connectivity index (χ0n) is 13.4. The third kappa shape index (κ3) is 3.27. The van der Waals surface area contributed by atoms with Crippen molar-refractivity contribution in [3.8, 4) is 17.1 Å². The standard InChI is InChI=1S/C18H17N3O3/c1-12(15-8-3-4-9-19-15)21-18(22)16-17(24-11-20-16)13-6-5-7-14(10-13)23-2/h3-12H,1-2H3,(H,21,22). The van der Waals surface area contributed by atoms with Gasteiger partial charge in [0.15, 0.2) is 17.8 Å². The Kier molecular flexibility index (Phi) is 4.56. The maximum atomic E-state index is 12.5. The van der Waals surface area contributed by atoms with E-state index in [2.05, 4.69) is 15.3 Å². The number of hydrogen-bond acceptors (Lipinski definition) is 5. The first kappa shape index (κ1) is 15.7. The Morgan fingerprint density at radius 2 is 2.08 bits per heavy atom. The highest BCUT2D eigenvalue weighted by Crippen LogP contribution is 2.26. The molecule has 24 heavy (non-hydrogen) atoms. The van der Waals surface area contributed by atoms with Crippen LogP contribution in [-0.4, -0.2) is 23.0 Å². The normalized spacial score (nSPS) is 11.8. The second-order valence-electron chi connectivity index (χ2n) is 5.21. The molecule has 1 N–H and O–H groups in total. The first-order chi connectivity index (χ1) is 11.7. The van der Waals surface area contributed by atoms with Crippen molar-refractivity contribution in [1.82, 2.24) is 15.3 Å². The Balaban J connectivity index is 1.83. The van der Waals surface area contributed by atoms with E-state index in [0.29, 0.717) is 11.5 Å². The molecule has 1 atom stereocenters. The van der Waals surface area contributed by atoms with E-state index in [-0.39, 0.29) is 17.6 Å². The highest BCUT2D eigenvalue weighted by Gasteiger charge is 2.20. The molecule has 0 spiro atoms. The number of amides is 1. The molecule has 122 valence electrons. The molecular formula is C18H17N3O3. The maximum Gasteiger partial charge on any atom is 0.274 e. The highest BCUT2D eigenvalue weighted by atomic mass is 16.5. The zero-order valence-corrected chi connectivity index (χ0v) is 13.4. The lowest BCUT2D eigenvalue weighted by atomic mass is 10.1. The second kappa shape index (κ2) is 6.95. The quantitative estimate of drug-likeness (QED) is 0.780. The van der Waals surface area contributed by atoms with Crippen LogP contribution in [0.3, 0.4) is 0 Å². The van der Waals surface area contributed by atoms with Crippen LogP contribution in [0.1, 0.15) is 29.1 Å². The predicted octanol–water partition coefficient (Wildman–Crippen LogP) is 3.24. The number of carbonyl (C=O) groups is 1. The van der Waals surface area contributed by atoms with Gasteiger partial charge in [-0.25, -0.2) is 4.98 Å². The Morgan fingerprint density at radius 1 is 1.21 bits per heavy atom. The minimum absolute atomic E-state index is 0.228. The van der Waals surface area contributed by atoms with Gasteiger partial charge in [0.25, 0.3) is 5.91 Å². The van der Waals surface area contributed by atoms with Gasteiger partial charge in [-0.3, -0.25) is 9.78 Å². The lowest BCUT2D eigenvalue weighted by Gasteiger charge is -2.12. The van der Waals surface area contributed by atoms with Crippen LogP contribution in [0.4, 0.5) is 0 Å². The van der Waals surface area contributed by atoms with Gasteiger partial charge < -0.3 is 14.5 Å². The third-order valence-electron chi connectivity index (χ3n) is 3.59. The number of methoxy groups -OCH3 is 1. The SMILES string of the molecule is COc1cccc(-c2ocnc2C(=O)NC(C)c2ccccn2)c1. The van der Waals surface area contributed by atoms with E-state index in [1.165, 1.54) is 6.39 Å². The van der Waals surface area contributed by atoms with Gasteiger partial charge in [0.1, 0.15) is 5.75 Å². The average molecular weight is 323 g/mol. The second-order valence-corrected chi connectivity index (χ2v) is 5.21. The Hall–Kier alpha value is -3.15. The van der Waals surface area contributed by atoms with Crippen molar-refractivity contribution in [3.63, 3.8) is 0 Å². The smallest absolute Gasteiger partial charge is 0.274 e. The van der Waals surface area contributed by atoms with Crippen LogP contribution >= 0.6 is 0 Å². The number of rotatable bonds is 5. The summed E-state index contributed by atoms with van der Waals surface area (Å²) in [6, 6.07) is 12.6. The number of hydrogen-bond donors (Lipinski definition) is 1. The summed E-state index contributed by atoms with van der Waals surface area (Å²) >= 11 is 0. The fraction of sp³-hybridized carbons (Fsp3) is 0.167. The fourth-order valence-corrected chi connectivity index (χ4v) is 2.35. The van der Waals surface area contributed by atoms with E-state index >= 15 is 0 Å². The lowest BCUT2D eigenvalue weighted by molar-refractivity contribution is 0.0935. The van der Waals surface area contributed by atoms with Crippen molar-refractivity contribution in [2.45, 2.75) is 13.0 Å². The molecule has 0 saturated heterocycles. The molecule has 0 fully saturated rings. The molecule has 0 radical (unpaired) electrons. The van der Waals surface area contributed by atoms with Crippen molar-refractivity contribution in [3.05, 3.63) is 66.4 Å². The van der Waals surface area contributed by atoms with Gasteiger partial charge >= 0.3 is 0 Å². The summed E-state index contributed by atoms with van der Waals surface area (Å²) in [5, 5.41) is 2.88. The van der Waals surface area contributed by atoms with E-state index in [1.807, 2.05) is 43.3 Å². The number of carbonyl (C=O) groups excluding carboxylic acids is 1. The molecular weight excluding hydrogens is 306 g/mol. The summed E-state index contributed by atoms with van der Waals surface area (Å²) in [5.74, 6) is 0.761. The summed E-state index contributed by atoms with van der Waals surface area (Å²) in [6.07, 6.45) is 2.95. The molecule has 0 aliphatic rings. The summed E-state index contributed by atoms with van der Waals surface area (Å²) in [7, 11) is 1.58. The molecule has 6 heteroatoms. The summed E-state index contributed by atoms with van der Waals surface area (Å²) in [5.41, 5.74) is 1.73. The number of nitrogens with zero attached hydrogens (tertiary/aromatic N) is 2. The van der Waals surface area contributed by atoms with Gasteiger partial charge in [-0.1, -0.05) is 18.2 Å². The molecule has 3 rings (SSSR count). The Labute approximate surface area is 139 Å². The number of oxazole rings is 1. The van der Waals surface area contributed by atoms with Gasteiger partial charge in [-0.05, 0) is 31.2 Å². The lowest BCUT2D eigenvalue weighted by Crippen LogP contribution is -2.27. The van der Waals surface area contributed by atoms with Crippen LogP contribution in [0.15, 0.2) is 59.5 Å². The molecule has 0 saturated carbocycles. The van der Waals surface area contributed by atoms with Gasteiger partial charge in [0, 0.05) is 11.8 Å². The van der Waals surface area contributed by atoms with Gasteiger partial charge in [-0.15, -0.1) is 0 Å². The fourth-order valence-electron chi connectivity index (χ4n) is 2.35. The van der Waals surface area contributed by atoms with Gasteiger partial charge in [0.2, 0.25) is 0 Å². The van der Waals surface area contributed by atoms with E-state index in [9.17, 15) is 4.79 Å². The molecule has 2 aromatic heterocycles. The van der Waals surface area contributed by atoms with Crippen molar-refractivity contribution in [2.75, 3.05) is 7.11 Å². The number of ether oxygens (including phenoxy) is 1. The molecule has 1 unspecified atom stereocenters. The van der Waals surface area contributed by atoms with E-state index in [0.717, 1.165) is 11.3 Å². The van der Waals surface area contributed by atoms with Crippen molar-refractivity contribution >= 4 is 5.91 Å². The van der Waals surface area contributed by atoms with Crippen LogP contribution in [0, 0.1) is 0 Å². The van der Waals surface area contributed by atoms with Crippen LogP contribution in [0.5, 0.6) is 5.75 Å². The zero-order chi connectivity index (χ0) is 16.9. The molecule has 6 nitrogen and oxygen atoms in total. The van der Waals surface area contributed by atoms with Crippen LogP contribution < -0.4 is 10.1 Å². The largest absolute Gasteiger partial charge is 0.497 e. The first-order valence-electron chi connectivity index (χ1n) is 7.48. The monoisotopic (exact) mass is 323 g/mol. The van der Waals surface area contributed by atoms with E-state index in [1.54, 1.807) is 19.4 Å². The van der Waals surface area contributed by atoms with Crippen molar-refractivity contribution in [1.29, 1.82) is 0 Å². The predicted molar refractivity (Wildman–Crippen MR) is 88.6 cm³/mol. The van der Waals surface area contributed by atoms with E-state index in [4.69, 9.17) is 9.15 Å². The van der Waals surface area contributed by atoms with Crippen molar-refractivity contribution in [2.24, 2.45) is 0 Å². The topological polar surface area (TPSA) is 77.2 Å². The van der Waals surface area contributed by atoms with Crippen molar-refractivity contribution < 1.29 is 13.9 Å². The molecule has 0 bridgehead atoms. The van der Waals surface area contributed by atoms with Crippen LogP contribution in [0.25, 0.3) is 11.3 Å². The van der Waals surface area contributed by atoms with Crippen LogP contribution in [-0.2, 0) is 0 Å². The number of nitrogens with one attached hydrogen (secondary N) is 1. The first-order valence-corrected chi connectivity index (χ1v) is 7.48. The number of aromatic nitrogens is 2. The molecule has 3 aromatic rings. The van der Waals surface area contributed by atoms with Gasteiger partial charge in [0.05, 0.1) is 18.8 Å². The number of benzene rings is 1.